The number of hydrogen-bond donors (Lipinski definition) is 0. The fourth-order valence-electron chi connectivity index (χ4n) is 4.14. The maximum Gasteiger partial charge on any atom is 0.338 e. The van der Waals surface area contributed by atoms with Crippen LogP contribution in [0.5, 0.6) is 17.2 Å². The summed E-state index contributed by atoms with van der Waals surface area (Å²) in [5, 5.41) is 2.02. The van der Waals surface area contributed by atoms with Crippen molar-refractivity contribution in [3.63, 3.8) is 0 Å². The van der Waals surface area contributed by atoms with Crippen molar-refractivity contribution in [1.82, 2.24) is 0 Å². The van der Waals surface area contributed by atoms with Crippen LogP contribution in [0.3, 0.4) is 0 Å². The lowest BCUT2D eigenvalue weighted by molar-refractivity contribution is -0.139. The van der Waals surface area contributed by atoms with E-state index in [0.717, 1.165) is 55.5 Å². The van der Waals surface area contributed by atoms with Crippen LogP contribution in [0.15, 0.2) is 72.8 Å². The lowest BCUT2D eigenvalue weighted by Crippen LogP contribution is -2.08. The Kier molecular flexibility index (Phi) is 8.17. The molecule has 0 bridgehead atoms. The number of esters is 2. The number of rotatable bonds is 10. The fourth-order valence-corrected chi connectivity index (χ4v) is 5.48. The zero-order chi connectivity index (χ0) is 27.4. The maximum atomic E-state index is 12.1. The first-order chi connectivity index (χ1) is 18.2. The Hall–Kier alpha value is -4.10. The summed E-state index contributed by atoms with van der Waals surface area (Å²) in [6, 6.07) is 16.1. The molecule has 0 N–H and O–H groups in total. The Bertz CT molecular complexity index is 1540. The van der Waals surface area contributed by atoms with Crippen molar-refractivity contribution in [2.75, 3.05) is 20.8 Å². The van der Waals surface area contributed by atoms with Gasteiger partial charge in [0, 0.05) is 27.5 Å². The second-order valence-corrected chi connectivity index (χ2v) is 10.0. The van der Waals surface area contributed by atoms with Crippen molar-refractivity contribution in [3.8, 4) is 28.4 Å². The van der Waals surface area contributed by atoms with Crippen LogP contribution in [0.4, 0.5) is 0 Å². The number of aryl methyl sites for hydroxylation is 1. The highest BCUT2D eigenvalue weighted by Crippen LogP contribution is 2.49. The quantitative estimate of drug-likeness (QED) is 0.0929. The molecule has 196 valence electrons. The van der Waals surface area contributed by atoms with Gasteiger partial charge < -0.3 is 18.9 Å². The smallest absolute Gasteiger partial charge is 0.338 e. The van der Waals surface area contributed by atoms with Gasteiger partial charge in [0.05, 0.1) is 30.2 Å². The van der Waals surface area contributed by atoms with Gasteiger partial charge in [-0.3, -0.25) is 0 Å². The van der Waals surface area contributed by atoms with Crippen molar-refractivity contribution in [3.05, 3.63) is 78.4 Å². The molecule has 0 aliphatic carbocycles. The standard InChI is InChI=1S/C31H30O6S/c1-18(2)30(32)36-17-7-8-20-9-11-21(12-10-20)22-13-14-23-24-15-16-25(37-31(33)19(3)4)27(35-6)29(24)38-28(23)26(22)34-5/h9-16H,1,3,7-8,17H2,2,4-6H3. The van der Waals surface area contributed by atoms with Crippen LogP contribution >= 0.6 is 11.3 Å². The van der Waals surface area contributed by atoms with Crippen LogP contribution in [-0.4, -0.2) is 32.8 Å². The molecule has 0 atom stereocenters. The molecule has 0 spiro atoms. The second kappa shape index (κ2) is 11.5. The molecule has 1 aromatic heterocycles. The van der Waals surface area contributed by atoms with Gasteiger partial charge in [-0.2, -0.15) is 0 Å². The molecule has 0 saturated heterocycles. The fraction of sp³-hybridized carbons (Fsp3) is 0.226. The van der Waals surface area contributed by atoms with E-state index >= 15 is 0 Å². The molecule has 0 aliphatic heterocycles. The molecular weight excluding hydrogens is 500 g/mol. The van der Waals surface area contributed by atoms with Crippen molar-refractivity contribution in [2.24, 2.45) is 0 Å². The molecule has 4 aromatic rings. The first-order valence-electron chi connectivity index (χ1n) is 12.1. The molecule has 1 heterocycles. The molecule has 0 fully saturated rings. The highest BCUT2D eigenvalue weighted by Gasteiger charge is 2.20. The molecule has 0 amide bonds. The van der Waals surface area contributed by atoms with Crippen LogP contribution in [0.2, 0.25) is 0 Å². The van der Waals surface area contributed by atoms with Crippen LogP contribution in [0.25, 0.3) is 31.3 Å². The molecule has 6 nitrogen and oxygen atoms in total. The van der Waals surface area contributed by atoms with Crippen LogP contribution in [-0.2, 0) is 20.7 Å². The summed E-state index contributed by atoms with van der Waals surface area (Å²) in [5.74, 6) is 0.764. The molecule has 0 unspecified atom stereocenters. The number of carbonyl (C=O) groups is 2. The van der Waals surface area contributed by atoms with Crippen molar-refractivity contribution >= 4 is 43.4 Å². The third-order valence-electron chi connectivity index (χ3n) is 6.10. The summed E-state index contributed by atoms with van der Waals surface area (Å²) in [5.41, 5.74) is 3.88. The number of carbonyl (C=O) groups excluding carboxylic acids is 2. The van der Waals surface area contributed by atoms with Gasteiger partial charge >= 0.3 is 11.9 Å². The second-order valence-electron chi connectivity index (χ2n) is 8.99. The maximum absolute atomic E-state index is 12.1. The number of hydrogen-bond acceptors (Lipinski definition) is 7. The topological polar surface area (TPSA) is 71.1 Å². The van der Waals surface area contributed by atoms with Gasteiger partial charge in [-0.1, -0.05) is 43.5 Å². The van der Waals surface area contributed by atoms with Gasteiger partial charge in [-0.15, -0.1) is 11.3 Å². The molecule has 3 aromatic carbocycles. The van der Waals surface area contributed by atoms with Crippen molar-refractivity contribution in [1.29, 1.82) is 0 Å². The van der Waals surface area contributed by atoms with E-state index in [4.69, 9.17) is 18.9 Å². The van der Waals surface area contributed by atoms with Crippen molar-refractivity contribution in [2.45, 2.75) is 26.7 Å². The zero-order valence-electron chi connectivity index (χ0n) is 22.0. The van der Waals surface area contributed by atoms with E-state index in [1.54, 1.807) is 34.1 Å². The summed E-state index contributed by atoms with van der Waals surface area (Å²) in [7, 11) is 3.23. The average molecular weight is 531 g/mol. The summed E-state index contributed by atoms with van der Waals surface area (Å²) in [4.78, 5) is 23.6. The average Bonchev–Trinajstić information content (AvgIpc) is 3.29. The van der Waals surface area contributed by atoms with E-state index in [0.29, 0.717) is 29.3 Å². The van der Waals surface area contributed by atoms with Gasteiger partial charge in [0.2, 0.25) is 0 Å². The van der Waals surface area contributed by atoms with Gasteiger partial charge in [-0.25, -0.2) is 9.59 Å². The SMILES string of the molecule is C=C(C)C(=O)OCCCc1ccc(-c2ccc3c(sc4c(OC)c(OC(=O)C(=C)C)ccc43)c2OC)cc1. The Labute approximate surface area is 226 Å². The highest BCUT2D eigenvalue weighted by molar-refractivity contribution is 7.26. The lowest BCUT2D eigenvalue weighted by atomic mass is 10.00. The minimum atomic E-state index is -0.500. The minimum Gasteiger partial charge on any atom is -0.495 e. The Morgan fingerprint density at radius 2 is 1.39 bits per heavy atom. The summed E-state index contributed by atoms with van der Waals surface area (Å²) >= 11 is 1.53. The van der Waals surface area contributed by atoms with Gasteiger partial charge in [0.25, 0.3) is 0 Å². The molecule has 7 heteroatoms. The van der Waals surface area contributed by atoms with Crippen LogP contribution < -0.4 is 14.2 Å². The van der Waals surface area contributed by atoms with Gasteiger partial charge in [0.1, 0.15) is 5.75 Å². The lowest BCUT2D eigenvalue weighted by Gasteiger charge is -2.11. The molecule has 4 rings (SSSR count). The highest BCUT2D eigenvalue weighted by atomic mass is 32.1. The first-order valence-corrected chi connectivity index (χ1v) is 13.0. The third-order valence-corrected chi connectivity index (χ3v) is 7.32. The molecular formula is C31H30O6S. The number of ether oxygens (including phenoxy) is 4. The predicted octanol–water partition coefficient (Wildman–Crippen LogP) is 7.27. The molecule has 0 aliphatic rings. The summed E-state index contributed by atoms with van der Waals surface area (Å²) < 4.78 is 24.1. The predicted molar refractivity (Wildman–Crippen MR) is 152 cm³/mol. The Morgan fingerprint density at radius 3 is 2.00 bits per heavy atom. The normalized spacial score (nSPS) is 10.8. The minimum absolute atomic E-state index is 0.312. The first kappa shape index (κ1) is 26.9. The largest absolute Gasteiger partial charge is 0.495 e. The Morgan fingerprint density at radius 1 is 0.789 bits per heavy atom. The van der Waals surface area contributed by atoms with E-state index in [9.17, 15) is 9.59 Å². The molecule has 0 saturated carbocycles. The number of benzene rings is 3. The van der Waals surface area contributed by atoms with E-state index in [1.165, 1.54) is 11.3 Å². The Balaban J connectivity index is 1.64. The van der Waals surface area contributed by atoms with Gasteiger partial charge in [-0.05, 0) is 56.0 Å². The van der Waals surface area contributed by atoms with Crippen molar-refractivity contribution < 1.29 is 28.5 Å². The molecule has 38 heavy (non-hydrogen) atoms. The van der Waals surface area contributed by atoms with Crippen LogP contribution in [0.1, 0.15) is 25.8 Å². The monoisotopic (exact) mass is 530 g/mol. The van der Waals surface area contributed by atoms with E-state index in [2.05, 4.69) is 49.6 Å². The summed E-state index contributed by atoms with van der Waals surface area (Å²) in [6.45, 7) is 10.9. The van der Waals surface area contributed by atoms with E-state index in [-0.39, 0.29) is 5.97 Å². The zero-order valence-corrected chi connectivity index (χ0v) is 22.8. The van der Waals surface area contributed by atoms with Gasteiger partial charge in [0.15, 0.2) is 11.5 Å². The van der Waals surface area contributed by atoms with E-state index < -0.39 is 5.97 Å². The number of fused-ring (bicyclic) bond motifs is 3. The number of thiophene rings is 1. The third kappa shape index (κ3) is 5.43. The molecule has 0 radical (unpaired) electrons. The van der Waals surface area contributed by atoms with Crippen LogP contribution in [0, 0.1) is 0 Å². The summed E-state index contributed by atoms with van der Waals surface area (Å²) in [6.07, 6.45) is 1.54. The number of methoxy groups -OCH3 is 2. The van der Waals surface area contributed by atoms with E-state index in [1.807, 2.05) is 6.07 Å².